The summed E-state index contributed by atoms with van der Waals surface area (Å²) in [6, 6.07) is 6.07. The van der Waals surface area contributed by atoms with E-state index in [4.69, 9.17) is 19.9 Å². The molecule has 1 heterocycles. The van der Waals surface area contributed by atoms with Crippen LogP contribution < -0.4 is 15.2 Å². The molecule has 18 heavy (non-hydrogen) atoms. The van der Waals surface area contributed by atoms with Crippen LogP contribution in [0, 0.1) is 0 Å². The summed E-state index contributed by atoms with van der Waals surface area (Å²) < 4.78 is 16.1. The normalized spacial score (nSPS) is 18.4. The van der Waals surface area contributed by atoms with E-state index in [1.165, 1.54) is 5.56 Å². The first-order valence-corrected chi connectivity index (χ1v) is 6.26. The first-order valence-electron chi connectivity index (χ1n) is 6.26. The van der Waals surface area contributed by atoms with Crippen LogP contribution in [0.4, 0.5) is 0 Å². The molecule has 1 saturated heterocycles. The van der Waals surface area contributed by atoms with Crippen molar-refractivity contribution >= 4 is 0 Å². The van der Waals surface area contributed by atoms with E-state index < -0.39 is 0 Å². The van der Waals surface area contributed by atoms with Crippen LogP contribution in [0.25, 0.3) is 0 Å². The highest BCUT2D eigenvalue weighted by atomic mass is 16.5. The zero-order valence-electron chi connectivity index (χ0n) is 11.1. The maximum absolute atomic E-state index is 6.00. The molecule has 0 saturated carbocycles. The van der Waals surface area contributed by atoms with Gasteiger partial charge in [-0.1, -0.05) is 6.07 Å². The van der Waals surface area contributed by atoms with Crippen molar-refractivity contribution in [2.45, 2.75) is 18.3 Å². The van der Waals surface area contributed by atoms with Crippen molar-refractivity contribution in [2.24, 2.45) is 5.73 Å². The Morgan fingerprint density at radius 1 is 1.17 bits per heavy atom. The summed E-state index contributed by atoms with van der Waals surface area (Å²) in [6.07, 6.45) is 1.91. The largest absolute Gasteiger partial charge is 0.493 e. The number of benzene rings is 1. The highest BCUT2D eigenvalue weighted by Crippen LogP contribution is 2.38. The van der Waals surface area contributed by atoms with Gasteiger partial charge in [-0.25, -0.2) is 0 Å². The molecule has 1 aromatic rings. The van der Waals surface area contributed by atoms with Gasteiger partial charge in [-0.05, 0) is 30.5 Å². The molecule has 1 aliphatic heterocycles. The van der Waals surface area contributed by atoms with Gasteiger partial charge in [-0.3, -0.25) is 0 Å². The Labute approximate surface area is 108 Å². The van der Waals surface area contributed by atoms with Crippen LogP contribution >= 0.6 is 0 Å². The second-order valence-corrected chi connectivity index (χ2v) is 4.67. The lowest BCUT2D eigenvalue weighted by Gasteiger charge is -2.36. The van der Waals surface area contributed by atoms with Gasteiger partial charge in [0.15, 0.2) is 11.5 Å². The Hall–Kier alpha value is -1.26. The minimum Gasteiger partial charge on any atom is -0.493 e. The van der Waals surface area contributed by atoms with E-state index in [0.717, 1.165) is 37.6 Å². The van der Waals surface area contributed by atoms with E-state index in [9.17, 15) is 0 Å². The van der Waals surface area contributed by atoms with E-state index in [2.05, 4.69) is 6.07 Å². The highest BCUT2D eigenvalue weighted by Gasteiger charge is 2.33. The maximum atomic E-state index is 6.00. The fourth-order valence-corrected chi connectivity index (χ4v) is 2.54. The van der Waals surface area contributed by atoms with Crippen molar-refractivity contribution in [1.29, 1.82) is 0 Å². The van der Waals surface area contributed by atoms with Crippen molar-refractivity contribution in [3.8, 4) is 11.5 Å². The quantitative estimate of drug-likeness (QED) is 0.885. The van der Waals surface area contributed by atoms with Crippen molar-refractivity contribution in [1.82, 2.24) is 0 Å². The van der Waals surface area contributed by atoms with Crippen LogP contribution in [0.3, 0.4) is 0 Å². The lowest BCUT2D eigenvalue weighted by Crippen LogP contribution is -2.40. The summed E-state index contributed by atoms with van der Waals surface area (Å²) in [7, 11) is 3.30. The molecular weight excluding hydrogens is 230 g/mol. The molecule has 0 bridgehead atoms. The standard InChI is InChI=1S/C14H21NO3/c1-16-12-4-3-11(9-13(12)17-2)14(10-15)5-7-18-8-6-14/h3-4,9H,5-8,10,15H2,1-2H3. The number of hydrogen-bond donors (Lipinski definition) is 1. The van der Waals surface area contributed by atoms with Crippen LogP contribution in [0.5, 0.6) is 11.5 Å². The van der Waals surface area contributed by atoms with Crippen LogP contribution in [0.2, 0.25) is 0 Å². The molecule has 0 unspecified atom stereocenters. The van der Waals surface area contributed by atoms with Gasteiger partial charge < -0.3 is 19.9 Å². The first kappa shape index (κ1) is 13.2. The average molecular weight is 251 g/mol. The maximum Gasteiger partial charge on any atom is 0.161 e. The molecule has 2 rings (SSSR count). The lowest BCUT2D eigenvalue weighted by atomic mass is 9.74. The summed E-state index contributed by atoms with van der Waals surface area (Å²) in [5, 5.41) is 0. The van der Waals surface area contributed by atoms with E-state index >= 15 is 0 Å². The fraction of sp³-hybridized carbons (Fsp3) is 0.571. The third-order valence-electron chi connectivity index (χ3n) is 3.84. The summed E-state index contributed by atoms with van der Waals surface area (Å²) in [5.74, 6) is 1.51. The number of hydrogen-bond acceptors (Lipinski definition) is 4. The SMILES string of the molecule is COc1ccc(C2(CN)CCOCC2)cc1OC. The average Bonchev–Trinajstić information content (AvgIpc) is 2.47. The molecule has 1 fully saturated rings. The molecule has 0 atom stereocenters. The molecule has 100 valence electrons. The van der Waals surface area contributed by atoms with Gasteiger partial charge in [-0.2, -0.15) is 0 Å². The Kier molecular flexibility index (Phi) is 4.09. The minimum atomic E-state index is 0.0117. The van der Waals surface area contributed by atoms with Gasteiger partial charge in [0.1, 0.15) is 0 Å². The van der Waals surface area contributed by atoms with Gasteiger partial charge in [0.2, 0.25) is 0 Å². The molecule has 4 nitrogen and oxygen atoms in total. The van der Waals surface area contributed by atoms with E-state index in [1.807, 2.05) is 12.1 Å². The molecule has 0 spiro atoms. The zero-order valence-corrected chi connectivity index (χ0v) is 11.1. The Morgan fingerprint density at radius 2 is 1.83 bits per heavy atom. The molecule has 1 aromatic carbocycles. The van der Waals surface area contributed by atoms with Crippen molar-refractivity contribution in [2.75, 3.05) is 34.0 Å². The van der Waals surface area contributed by atoms with Crippen molar-refractivity contribution in [3.63, 3.8) is 0 Å². The predicted molar refractivity (Wildman–Crippen MR) is 70.3 cm³/mol. The number of nitrogens with two attached hydrogens (primary N) is 1. The summed E-state index contributed by atoms with van der Waals surface area (Å²) >= 11 is 0. The molecule has 0 aliphatic carbocycles. The Balaban J connectivity index is 2.36. The third-order valence-corrected chi connectivity index (χ3v) is 3.84. The van der Waals surface area contributed by atoms with Crippen LogP contribution in [-0.4, -0.2) is 34.0 Å². The van der Waals surface area contributed by atoms with Crippen LogP contribution in [0.1, 0.15) is 18.4 Å². The summed E-state index contributed by atoms with van der Waals surface area (Å²) in [5.41, 5.74) is 7.23. The van der Waals surface area contributed by atoms with Gasteiger partial charge in [0, 0.05) is 25.2 Å². The molecule has 0 radical (unpaired) electrons. The molecule has 2 N–H and O–H groups in total. The van der Waals surface area contributed by atoms with Gasteiger partial charge in [0.25, 0.3) is 0 Å². The number of methoxy groups -OCH3 is 2. The van der Waals surface area contributed by atoms with E-state index in [1.54, 1.807) is 14.2 Å². The fourth-order valence-electron chi connectivity index (χ4n) is 2.54. The molecule has 0 aromatic heterocycles. The van der Waals surface area contributed by atoms with Gasteiger partial charge in [0.05, 0.1) is 14.2 Å². The second kappa shape index (κ2) is 5.59. The summed E-state index contributed by atoms with van der Waals surface area (Å²) in [6.45, 7) is 2.17. The van der Waals surface area contributed by atoms with Crippen LogP contribution in [-0.2, 0) is 10.2 Å². The van der Waals surface area contributed by atoms with Gasteiger partial charge in [-0.15, -0.1) is 0 Å². The first-order chi connectivity index (χ1) is 8.75. The number of rotatable bonds is 4. The van der Waals surface area contributed by atoms with E-state index in [-0.39, 0.29) is 5.41 Å². The van der Waals surface area contributed by atoms with Crippen LogP contribution in [0.15, 0.2) is 18.2 Å². The van der Waals surface area contributed by atoms with Crippen molar-refractivity contribution < 1.29 is 14.2 Å². The topological polar surface area (TPSA) is 53.7 Å². The molecular formula is C14H21NO3. The Bertz CT molecular complexity index is 400. The Morgan fingerprint density at radius 3 is 2.39 bits per heavy atom. The molecule has 1 aliphatic rings. The summed E-state index contributed by atoms with van der Waals surface area (Å²) in [4.78, 5) is 0. The zero-order chi connectivity index (χ0) is 13.0. The third kappa shape index (κ3) is 2.31. The van der Waals surface area contributed by atoms with E-state index in [0.29, 0.717) is 6.54 Å². The molecule has 4 heteroatoms. The second-order valence-electron chi connectivity index (χ2n) is 4.67. The molecule has 0 amide bonds. The number of ether oxygens (including phenoxy) is 3. The minimum absolute atomic E-state index is 0.0117. The monoisotopic (exact) mass is 251 g/mol. The van der Waals surface area contributed by atoms with Gasteiger partial charge >= 0.3 is 0 Å². The van der Waals surface area contributed by atoms with Crippen molar-refractivity contribution in [3.05, 3.63) is 23.8 Å². The highest BCUT2D eigenvalue weighted by molar-refractivity contribution is 5.45. The smallest absolute Gasteiger partial charge is 0.161 e. The predicted octanol–water partition coefficient (Wildman–Crippen LogP) is 1.71. The lowest BCUT2D eigenvalue weighted by molar-refractivity contribution is 0.0529.